The molecule has 33 heavy (non-hydrogen) atoms. The van der Waals surface area contributed by atoms with Gasteiger partial charge in [0.2, 0.25) is 5.91 Å². The minimum absolute atomic E-state index is 0.0485. The maximum Gasteiger partial charge on any atom is 0.311 e. The first kappa shape index (κ1) is 22.7. The van der Waals surface area contributed by atoms with Gasteiger partial charge in [0.1, 0.15) is 11.5 Å². The van der Waals surface area contributed by atoms with Crippen LogP contribution in [0.4, 0.5) is 5.69 Å². The number of rotatable bonds is 7. The molecule has 6 nitrogen and oxygen atoms in total. The molecule has 3 aromatic rings. The number of aryl methyl sites for hydroxylation is 1. The van der Waals surface area contributed by atoms with Gasteiger partial charge in [0, 0.05) is 28.7 Å². The van der Waals surface area contributed by atoms with Gasteiger partial charge in [-0.05, 0) is 55.5 Å². The molecule has 1 heterocycles. The van der Waals surface area contributed by atoms with E-state index >= 15 is 0 Å². The molecule has 1 saturated heterocycles. The number of anilines is 1. The largest absolute Gasteiger partial charge is 0.457 e. The number of ketones is 1. The van der Waals surface area contributed by atoms with Crippen LogP contribution in [0.3, 0.4) is 0 Å². The second-order valence-corrected chi connectivity index (χ2v) is 8.77. The summed E-state index contributed by atoms with van der Waals surface area (Å²) in [5.74, 6) is -0.235. The summed E-state index contributed by atoms with van der Waals surface area (Å²) in [4.78, 5) is 38.7. The number of halogens is 1. The second-order valence-electron chi connectivity index (χ2n) is 7.85. The normalized spacial score (nSPS) is 15.4. The topological polar surface area (TPSA) is 72.9 Å². The van der Waals surface area contributed by atoms with Gasteiger partial charge in [-0.15, -0.1) is 0 Å². The van der Waals surface area contributed by atoms with E-state index in [0.29, 0.717) is 17.0 Å². The van der Waals surface area contributed by atoms with E-state index in [1.807, 2.05) is 31.2 Å². The molecule has 3 aromatic carbocycles. The summed E-state index contributed by atoms with van der Waals surface area (Å²) in [7, 11) is 0. The molecular weight excluding hydrogens is 486 g/mol. The van der Waals surface area contributed by atoms with Crippen molar-refractivity contribution < 1.29 is 23.9 Å². The third-order valence-corrected chi connectivity index (χ3v) is 5.90. The van der Waals surface area contributed by atoms with Crippen LogP contribution in [0.1, 0.15) is 22.3 Å². The Kier molecular flexibility index (Phi) is 6.89. The van der Waals surface area contributed by atoms with E-state index in [-0.39, 0.29) is 31.3 Å². The Bertz CT molecular complexity index is 1160. The van der Waals surface area contributed by atoms with Gasteiger partial charge in [-0.25, -0.2) is 0 Å². The third kappa shape index (κ3) is 5.68. The Balaban J connectivity index is 1.32. The molecule has 1 aliphatic heterocycles. The summed E-state index contributed by atoms with van der Waals surface area (Å²) in [6.07, 6.45) is 0.0485. The lowest BCUT2D eigenvalue weighted by Gasteiger charge is -2.17. The fraction of sp³-hybridized carbons (Fsp3) is 0.192. The van der Waals surface area contributed by atoms with Crippen LogP contribution < -0.4 is 9.64 Å². The predicted molar refractivity (Wildman–Crippen MR) is 128 cm³/mol. The van der Waals surface area contributed by atoms with Crippen LogP contribution in [0.5, 0.6) is 11.5 Å². The van der Waals surface area contributed by atoms with Gasteiger partial charge in [0.15, 0.2) is 12.4 Å². The lowest BCUT2D eigenvalue weighted by atomic mass is 10.1. The van der Waals surface area contributed by atoms with Gasteiger partial charge in [0.25, 0.3) is 0 Å². The molecule has 0 spiro atoms. The monoisotopic (exact) mass is 507 g/mol. The van der Waals surface area contributed by atoms with Gasteiger partial charge >= 0.3 is 5.97 Å². The van der Waals surface area contributed by atoms with Crippen LogP contribution in [0.15, 0.2) is 77.3 Å². The van der Waals surface area contributed by atoms with Crippen LogP contribution in [-0.4, -0.2) is 30.8 Å². The fourth-order valence-electron chi connectivity index (χ4n) is 3.53. The Morgan fingerprint density at radius 1 is 0.939 bits per heavy atom. The molecule has 0 radical (unpaired) electrons. The quantitative estimate of drug-likeness (QED) is 0.319. The molecule has 0 saturated carbocycles. The lowest BCUT2D eigenvalue weighted by Crippen LogP contribution is -2.27. The zero-order valence-corrected chi connectivity index (χ0v) is 19.6. The van der Waals surface area contributed by atoms with Crippen molar-refractivity contribution in [3.63, 3.8) is 0 Å². The van der Waals surface area contributed by atoms with Crippen LogP contribution in [0.25, 0.3) is 0 Å². The summed E-state index contributed by atoms with van der Waals surface area (Å²) >= 11 is 3.31. The van der Waals surface area contributed by atoms with Crippen molar-refractivity contribution >= 4 is 39.3 Å². The van der Waals surface area contributed by atoms with Gasteiger partial charge in [0.05, 0.1) is 5.92 Å². The van der Waals surface area contributed by atoms with E-state index in [1.165, 1.54) is 0 Å². The second kappa shape index (κ2) is 10.0. The Hall–Kier alpha value is -3.45. The lowest BCUT2D eigenvalue weighted by molar-refractivity contribution is -0.147. The van der Waals surface area contributed by atoms with Crippen molar-refractivity contribution in [1.82, 2.24) is 0 Å². The van der Waals surface area contributed by atoms with Crippen LogP contribution >= 0.6 is 15.9 Å². The van der Waals surface area contributed by atoms with Crippen molar-refractivity contribution in [3.8, 4) is 11.5 Å². The van der Waals surface area contributed by atoms with E-state index in [4.69, 9.17) is 9.47 Å². The van der Waals surface area contributed by atoms with Crippen LogP contribution in [-0.2, 0) is 14.3 Å². The highest BCUT2D eigenvalue weighted by Gasteiger charge is 2.36. The SMILES string of the molecule is Cc1ccc(Oc2ccc(N3C[C@H](C(=O)OCC(=O)c4ccc(Br)cc4)CC3=O)cc2)cc1. The number of nitrogens with zero attached hydrogens (tertiary/aromatic N) is 1. The maximum absolute atomic E-state index is 12.5. The number of ether oxygens (including phenoxy) is 2. The summed E-state index contributed by atoms with van der Waals surface area (Å²) < 4.78 is 11.9. The third-order valence-electron chi connectivity index (χ3n) is 5.38. The predicted octanol–water partition coefficient (Wildman–Crippen LogP) is 5.33. The van der Waals surface area contributed by atoms with Crippen molar-refractivity contribution in [2.75, 3.05) is 18.1 Å². The van der Waals surface area contributed by atoms with Crippen molar-refractivity contribution in [1.29, 1.82) is 0 Å². The minimum atomic E-state index is -0.612. The highest BCUT2D eigenvalue weighted by Crippen LogP contribution is 2.29. The first-order valence-electron chi connectivity index (χ1n) is 10.5. The molecular formula is C26H22BrNO5. The molecule has 0 aromatic heterocycles. The average molecular weight is 508 g/mol. The fourth-order valence-corrected chi connectivity index (χ4v) is 3.79. The minimum Gasteiger partial charge on any atom is -0.457 e. The van der Waals surface area contributed by atoms with E-state index in [0.717, 1.165) is 15.8 Å². The number of carbonyl (C=O) groups excluding carboxylic acids is 3. The van der Waals surface area contributed by atoms with Crippen molar-refractivity contribution in [2.24, 2.45) is 5.92 Å². The van der Waals surface area contributed by atoms with Crippen molar-refractivity contribution in [3.05, 3.63) is 88.4 Å². The highest BCUT2D eigenvalue weighted by molar-refractivity contribution is 9.10. The molecule has 1 amide bonds. The molecule has 1 fully saturated rings. The molecule has 0 unspecified atom stereocenters. The van der Waals surface area contributed by atoms with E-state index in [1.54, 1.807) is 53.4 Å². The van der Waals surface area contributed by atoms with Crippen LogP contribution in [0.2, 0.25) is 0 Å². The number of amides is 1. The first-order valence-corrected chi connectivity index (χ1v) is 11.3. The molecule has 1 atom stereocenters. The molecule has 0 bridgehead atoms. The Labute approximate surface area is 200 Å². The summed E-state index contributed by atoms with van der Waals surface area (Å²) in [6.45, 7) is 1.87. The molecule has 0 N–H and O–H groups in total. The first-order chi connectivity index (χ1) is 15.9. The number of esters is 1. The highest BCUT2D eigenvalue weighted by atomic mass is 79.9. The molecule has 7 heteroatoms. The van der Waals surface area contributed by atoms with Crippen LogP contribution in [0, 0.1) is 12.8 Å². The Morgan fingerprint density at radius 3 is 2.18 bits per heavy atom. The smallest absolute Gasteiger partial charge is 0.311 e. The summed E-state index contributed by atoms with van der Waals surface area (Å²) in [5.41, 5.74) is 2.29. The van der Waals surface area contributed by atoms with Gasteiger partial charge in [-0.2, -0.15) is 0 Å². The zero-order valence-electron chi connectivity index (χ0n) is 18.0. The Morgan fingerprint density at radius 2 is 1.55 bits per heavy atom. The summed E-state index contributed by atoms with van der Waals surface area (Å²) in [6, 6.07) is 21.7. The number of Topliss-reactive ketones (excluding diaryl/α,β-unsaturated/α-hetero) is 1. The number of benzene rings is 3. The van der Waals surface area contributed by atoms with Gasteiger partial charge < -0.3 is 14.4 Å². The number of hydrogen-bond donors (Lipinski definition) is 0. The van der Waals surface area contributed by atoms with Crippen molar-refractivity contribution in [2.45, 2.75) is 13.3 Å². The van der Waals surface area contributed by atoms with Gasteiger partial charge in [-0.3, -0.25) is 14.4 Å². The van der Waals surface area contributed by atoms with E-state index < -0.39 is 11.9 Å². The standard InChI is InChI=1S/C26H22BrNO5/c1-17-2-10-22(11-3-17)33-23-12-8-21(9-13-23)28-15-19(14-25(28)30)26(31)32-16-24(29)18-4-6-20(27)7-5-18/h2-13,19H,14-16H2,1H3/t19-/m1/s1. The zero-order chi connectivity index (χ0) is 23.4. The molecule has 0 aliphatic carbocycles. The average Bonchev–Trinajstić information content (AvgIpc) is 3.21. The van der Waals surface area contributed by atoms with E-state index in [9.17, 15) is 14.4 Å². The maximum atomic E-state index is 12.5. The van der Waals surface area contributed by atoms with E-state index in [2.05, 4.69) is 15.9 Å². The number of carbonyl (C=O) groups is 3. The molecule has 1 aliphatic rings. The van der Waals surface area contributed by atoms with Gasteiger partial charge in [-0.1, -0.05) is 45.8 Å². The molecule has 4 rings (SSSR count). The summed E-state index contributed by atoms with van der Waals surface area (Å²) in [5, 5.41) is 0. The number of hydrogen-bond acceptors (Lipinski definition) is 5. The molecule has 168 valence electrons.